The Hall–Kier alpha value is -2.71. The van der Waals surface area contributed by atoms with Crippen molar-refractivity contribution in [3.05, 3.63) is 69.4 Å². The number of allylic oxidation sites excluding steroid dienone is 1. The van der Waals surface area contributed by atoms with Gasteiger partial charge in [0.15, 0.2) is 5.70 Å². The normalized spacial score (nSPS) is 20.4. The summed E-state index contributed by atoms with van der Waals surface area (Å²) in [6, 6.07) is 7.96. The van der Waals surface area contributed by atoms with Gasteiger partial charge in [0.25, 0.3) is 0 Å². The van der Waals surface area contributed by atoms with Gasteiger partial charge in [0.2, 0.25) is 0 Å². The van der Waals surface area contributed by atoms with Gasteiger partial charge in [-0.25, -0.2) is 4.99 Å². The number of piperazine rings is 1. The minimum Gasteiger partial charge on any atom is -0.454 e. The molecule has 0 aliphatic carbocycles. The first-order valence-electron chi connectivity index (χ1n) is 8.62. The van der Waals surface area contributed by atoms with E-state index in [1.165, 1.54) is 17.8 Å². The fraction of sp³-hybridized carbons (Fsp3) is 0.389. The Balaban J connectivity index is 1.59. The van der Waals surface area contributed by atoms with E-state index >= 15 is 0 Å². The van der Waals surface area contributed by atoms with Crippen LogP contribution in [0.5, 0.6) is 0 Å². The lowest BCUT2D eigenvalue weighted by molar-refractivity contribution is -0.460. The van der Waals surface area contributed by atoms with E-state index in [0.29, 0.717) is 5.84 Å². The average molecular weight is 357 g/mol. The van der Waals surface area contributed by atoms with E-state index in [0.717, 1.165) is 44.7 Å². The maximum atomic E-state index is 10.7. The van der Waals surface area contributed by atoms with E-state index in [2.05, 4.69) is 27.2 Å². The second-order valence-corrected chi connectivity index (χ2v) is 6.50. The summed E-state index contributed by atoms with van der Waals surface area (Å²) < 4.78 is 0. The van der Waals surface area contributed by atoms with Crippen LogP contribution in [0.15, 0.2) is 53.1 Å². The maximum absolute atomic E-state index is 10.7. The molecule has 2 aliphatic heterocycles. The van der Waals surface area contributed by atoms with E-state index in [4.69, 9.17) is 0 Å². The maximum Gasteiger partial charge on any atom is 0.449 e. The minimum atomic E-state index is -0.919. The van der Waals surface area contributed by atoms with Crippen molar-refractivity contribution in [3.8, 4) is 0 Å². The summed E-state index contributed by atoms with van der Waals surface area (Å²) in [7, 11) is 2.15. The zero-order valence-corrected chi connectivity index (χ0v) is 14.8. The van der Waals surface area contributed by atoms with Crippen LogP contribution >= 0.6 is 0 Å². The Morgan fingerprint density at radius 2 is 1.96 bits per heavy atom. The molecule has 26 heavy (non-hydrogen) atoms. The SMILES string of the molecule is CN1CCN(CCc2ccc(C3=NC=CC(=C(O)[N+](=O)[O-])N3)cc2)CC1. The summed E-state index contributed by atoms with van der Waals surface area (Å²) in [5.41, 5.74) is 2.08. The molecule has 0 amide bonds. The number of likely N-dealkylation sites (N-methyl/N-ethyl adjacent to an activating group) is 1. The molecule has 1 fully saturated rings. The van der Waals surface area contributed by atoms with Crippen LogP contribution in [-0.2, 0) is 6.42 Å². The molecule has 0 spiro atoms. The molecule has 0 aromatic heterocycles. The van der Waals surface area contributed by atoms with Crippen molar-refractivity contribution in [1.29, 1.82) is 0 Å². The molecule has 2 aliphatic rings. The first kappa shape index (κ1) is 18.1. The Morgan fingerprint density at radius 1 is 1.27 bits per heavy atom. The number of hydrogen-bond acceptors (Lipinski definition) is 7. The molecule has 8 heteroatoms. The summed E-state index contributed by atoms with van der Waals surface area (Å²) in [5.74, 6) is -0.445. The van der Waals surface area contributed by atoms with Crippen molar-refractivity contribution in [2.45, 2.75) is 6.42 Å². The van der Waals surface area contributed by atoms with Gasteiger partial charge >= 0.3 is 5.88 Å². The molecule has 0 bridgehead atoms. The van der Waals surface area contributed by atoms with Crippen molar-refractivity contribution in [1.82, 2.24) is 15.1 Å². The first-order valence-corrected chi connectivity index (χ1v) is 8.62. The van der Waals surface area contributed by atoms with Crippen LogP contribution in [-0.4, -0.2) is 65.4 Å². The minimum absolute atomic E-state index is 0.0270. The number of rotatable bonds is 5. The van der Waals surface area contributed by atoms with Crippen LogP contribution in [0.25, 0.3) is 0 Å². The lowest BCUT2D eigenvalue weighted by Crippen LogP contribution is -2.45. The molecule has 0 unspecified atom stereocenters. The molecular weight excluding hydrogens is 334 g/mol. The average Bonchev–Trinajstić information content (AvgIpc) is 2.67. The third kappa shape index (κ3) is 4.47. The molecule has 8 nitrogen and oxygen atoms in total. The summed E-state index contributed by atoms with van der Waals surface area (Å²) >= 11 is 0. The quantitative estimate of drug-likeness (QED) is 0.469. The predicted molar refractivity (Wildman–Crippen MR) is 99.5 cm³/mol. The largest absolute Gasteiger partial charge is 0.454 e. The molecular formula is C18H23N5O3. The lowest BCUT2D eigenvalue weighted by Gasteiger charge is -2.32. The van der Waals surface area contributed by atoms with Crippen LogP contribution in [0, 0.1) is 10.1 Å². The number of amidine groups is 1. The molecule has 0 radical (unpaired) electrons. The summed E-state index contributed by atoms with van der Waals surface area (Å²) in [6.07, 6.45) is 3.78. The monoisotopic (exact) mass is 357 g/mol. The van der Waals surface area contributed by atoms with E-state index in [1.54, 1.807) is 0 Å². The summed E-state index contributed by atoms with van der Waals surface area (Å²) in [6.45, 7) is 5.49. The number of hydrogen-bond donors (Lipinski definition) is 2. The van der Waals surface area contributed by atoms with Crippen molar-refractivity contribution < 1.29 is 10.0 Å². The van der Waals surface area contributed by atoms with Gasteiger partial charge < -0.3 is 20.2 Å². The van der Waals surface area contributed by atoms with E-state index < -0.39 is 10.8 Å². The molecule has 2 heterocycles. The van der Waals surface area contributed by atoms with Crippen molar-refractivity contribution >= 4 is 5.84 Å². The third-order valence-electron chi connectivity index (χ3n) is 4.65. The highest BCUT2D eigenvalue weighted by molar-refractivity contribution is 6.01. The van der Waals surface area contributed by atoms with Gasteiger partial charge in [-0.05, 0) is 25.1 Å². The molecule has 0 atom stereocenters. The van der Waals surface area contributed by atoms with Crippen LogP contribution < -0.4 is 5.32 Å². The van der Waals surface area contributed by atoms with Crippen LogP contribution in [0.4, 0.5) is 0 Å². The molecule has 2 N–H and O–H groups in total. The van der Waals surface area contributed by atoms with Crippen LogP contribution in [0.2, 0.25) is 0 Å². The Labute approximate surface area is 152 Å². The van der Waals surface area contributed by atoms with Crippen molar-refractivity contribution in [2.75, 3.05) is 39.8 Å². The van der Waals surface area contributed by atoms with Crippen molar-refractivity contribution in [2.24, 2.45) is 4.99 Å². The van der Waals surface area contributed by atoms with E-state index in [9.17, 15) is 15.2 Å². The smallest absolute Gasteiger partial charge is 0.449 e. The van der Waals surface area contributed by atoms with Gasteiger partial charge in [-0.3, -0.25) is 10.1 Å². The highest BCUT2D eigenvalue weighted by Crippen LogP contribution is 2.12. The van der Waals surface area contributed by atoms with Crippen molar-refractivity contribution in [3.63, 3.8) is 0 Å². The fourth-order valence-electron chi connectivity index (χ4n) is 2.95. The number of nitrogens with zero attached hydrogens (tertiary/aromatic N) is 4. The number of benzene rings is 1. The van der Waals surface area contributed by atoms with Gasteiger partial charge in [0.1, 0.15) is 10.8 Å². The van der Waals surface area contributed by atoms with Crippen LogP contribution in [0.3, 0.4) is 0 Å². The molecule has 138 valence electrons. The lowest BCUT2D eigenvalue weighted by atomic mass is 10.1. The zero-order valence-electron chi connectivity index (χ0n) is 14.8. The fourth-order valence-corrected chi connectivity index (χ4v) is 2.95. The van der Waals surface area contributed by atoms with Gasteiger partial charge in [0.05, 0.1) is 0 Å². The number of nitrogens with one attached hydrogen (secondary N) is 1. The van der Waals surface area contributed by atoms with Gasteiger partial charge in [-0.15, -0.1) is 0 Å². The number of aliphatic hydroxyl groups excluding tert-OH is 1. The molecule has 0 saturated carbocycles. The Bertz CT molecular complexity index is 747. The standard InChI is InChI=1S/C18H23N5O3/c1-21-10-12-22(13-11-21)9-7-14-2-4-15(5-3-14)17-19-8-6-16(20-17)18(24)23(25)26/h2-6,8,24H,7,9-13H2,1H3,(H,19,20). The van der Waals surface area contributed by atoms with Gasteiger partial charge in [0, 0.05) is 44.5 Å². The predicted octanol–water partition coefficient (Wildman–Crippen LogP) is 1.34. The highest BCUT2D eigenvalue weighted by Gasteiger charge is 2.19. The first-order chi connectivity index (χ1) is 12.5. The molecule has 3 rings (SSSR count). The molecule has 1 saturated heterocycles. The highest BCUT2D eigenvalue weighted by atomic mass is 16.7. The third-order valence-corrected chi connectivity index (χ3v) is 4.65. The summed E-state index contributed by atoms with van der Waals surface area (Å²) in [4.78, 5) is 18.9. The number of nitro groups is 1. The Morgan fingerprint density at radius 3 is 2.62 bits per heavy atom. The second kappa shape index (κ2) is 8.11. The summed E-state index contributed by atoms with van der Waals surface area (Å²) in [5, 5.41) is 23.0. The van der Waals surface area contributed by atoms with Gasteiger partial charge in [-0.2, -0.15) is 0 Å². The number of aliphatic hydroxyl groups is 1. The number of aliphatic imine (C=N–C) groups is 1. The van der Waals surface area contributed by atoms with Gasteiger partial charge in [-0.1, -0.05) is 24.3 Å². The topological polar surface area (TPSA) is 94.2 Å². The van der Waals surface area contributed by atoms with E-state index in [1.807, 2.05) is 24.3 Å². The van der Waals surface area contributed by atoms with E-state index in [-0.39, 0.29) is 5.70 Å². The zero-order chi connectivity index (χ0) is 18.5. The Kier molecular flexibility index (Phi) is 5.65. The van der Waals surface area contributed by atoms with Crippen LogP contribution in [0.1, 0.15) is 11.1 Å². The molecule has 1 aromatic rings. The second-order valence-electron chi connectivity index (χ2n) is 6.50. The molecule has 1 aromatic carbocycles.